The van der Waals surface area contributed by atoms with Crippen molar-refractivity contribution in [1.29, 1.82) is 0 Å². The number of carboxylic acid groups (broad SMARTS) is 1. The van der Waals surface area contributed by atoms with Crippen LogP contribution in [0.1, 0.15) is 34.9 Å². The van der Waals surface area contributed by atoms with Crippen LogP contribution in [0.5, 0.6) is 11.5 Å². The molecule has 1 aliphatic rings. The third kappa shape index (κ3) is 3.61. The quantitative estimate of drug-likeness (QED) is 0.718. The first kappa shape index (κ1) is 19.2. The van der Waals surface area contributed by atoms with E-state index >= 15 is 0 Å². The molecule has 2 aromatic rings. The SMILES string of the molecule is COc1cc(Br)c(C(c2cc(C)cs2)N2CCCC2C(=O)O)cc1OC. The van der Waals surface area contributed by atoms with Crippen LogP contribution in [0.15, 0.2) is 28.1 Å². The molecule has 1 aromatic heterocycles. The Kier molecular flexibility index (Phi) is 5.89. The number of aliphatic carboxylic acids is 1. The molecule has 26 heavy (non-hydrogen) atoms. The molecular weight excluding hydrogens is 418 g/mol. The highest BCUT2D eigenvalue weighted by molar-refractivity contribution is 9.10. The van der Waals surface area contributed by atoms with Gasteiger partial charge in [0.2, 0.25) is 0 Å². The standard InChI is InChI=1S/C19H22BrNO4S/c1-11-7-17(26-10-11)18(21-6-4-5-14(21)19(22)23)12-8-15(24-2)16(25-3)9-13(12)20/h7-10,14,18H,4-6H2,1-3H3,(H,22,23). The molecule has 0 bridgehead atoms. The predicted molar refractivity (Wildman–Crippen MR) is 106 cm³/mol. The van der Waals surface area contributed by atoms with Crippen LogP contribution < -0.4 is 9.47 Å². The molecule has 0 radical (unpaired) electrons. The van der Waals surface area contributed by atoms with Gasteiger partial charge in [0.05, 0.1) is 20.3 Å². The van der Waals surface area contributed by atoms with Crippen molar-refractivity contribution < 1.29 is 19.4 Å². The molecule has 3 rings (SSSR count). The molecule has 1 aromatic carbocycles. The van der Waals surface area contributed by atoms with E-state index in [0.717, 1.165) is 27.9 Å². The van der Waals surface area contributed by atoms with E-state index in [2.05, 4.69) is 39.2 Å². The van der Waals surface area contributed by atoms with E-state index in [1.165, 1.54) is 5.56 Å². The summed E-state index contributed by atoms with van der Waals surface area (Å²) in [4.78, 5) is 15.0. The Balaban J connectivity index is 2.14. The first-order chi connectivity index (χ1) is 12.5. The monoisotopic (exact) mass is 439 g/mol. The molecule has 2 heterocycles. The van der Waals surface area contributed by atoms with Gasteiger partial charge in [-0.25, -0.2) is 0 Å². The van der Waals surface area contributed by atoms with Crippen LogP contribution in [0, 0.1) is 6.92 Å². The van der Waals surface area contributed by atoms with Gasteiger partial charge in [0.1, 0.15) is 6.04 Å². The van der Waals surface area contributed by atoms with Gasteiger partial charge in [0.15, 0.2) is 11.5 Å². The van der Waals surface area contributed by atoms with Crippen molar-refractivity contribution in [1.82, 2.24) is 4.90 Å². The van der Waals surface area contributed by atoms with E-state index in [-0.39, 0.29) is 6.04 Å². The molecule has 0 aliphatic carbocycles. The lowest BCUT2D eigenvalue weighted by molar-refractivity contribution is -0.142. The highest BCUT2D eigenvalue weighted by atomic mass is 79.9. The third-order valence-electron chi connectivity index (χ3n) is 4.73. The maximum atomic E-state index is 11.8. The summed E-state index contributed by atoms with van der Waals surface area (Å²) >= 11 is 5.31. The lowest BCUT2D eigenvalue weighted by Gasteiger charge is -2.32. The Morgan fingerprint density at radius 1 is 1.31 bits per heavy atom. The van der Waals surface area contributed by atoms with Crippen LogP contribution in [-0.4, -0.2) is 42.8 Å². The second-order valence-corrected chi connectivity index (χ2v) is 8.19. The highest BCUT2D eigenvalue weighted by Gasteiger charge is 2.38. The minimum atomic E-state index is -0.766. The van der Waals surface area contributed by atoms with Crippen LogP contribution in [0.4, 0.5) is 0 Å². The van der Waals surface area contributed by atoms with Crippen molar-refractivity contribution in [2.45, 2.75) is 31.8 Å². The second-order valence-electron chi connectivity index (χ2n) is 6.39. The van der Waals surface area contributed by atoms with E-state index in [1.807, 2.05) is 12.1 Å². The van der Waals surface area contributed by atoms with Gasteiger partial charge < -0.3 is 14.6 Å². The van der Waals surface area contributed by atoms with Crippen LogP contribution in [-0.2, 0) is 4.79 Å². The summed E-state index contributed by atoms with van der Waals surface area (Å²) in [6.07, 6.45) is 1.55. The molecule has 2 atom stereocenters. The topological polar surface area (TPSA) is 59.0 Å². The zero-order valence-corrected chi connectivity index (χ0v) is 17.4. The van der Waals surface area contributed by atoms with E-state index < -0.39 is 12.0 Å². The number of hydrogen-bond acceptors (Lipinski definition) is 5. The summed E-state index contributed by atoms with van der Waals surface area (Å²) in [5.74, 6) is 0.507. The average Bonchev–Trinajstić information content (AvgIpc) is 3.26. The summed E-state index contributed by atoms with van der Waals surface area (Å²) in [5.41, 5.74) is 2.16. The number of nitrogens with zero attached hydrogens (tertiary/aromatic N) is 1. The first-order valence-corrected chi connectivity index (χ1v) is 10.1. The number of likely N-dealkylation sites (tertiary alicyclic amines) is 1. The molecule has 2 unspecified atom stereocenters. The number of thiophene rings is 1. The number of carboxylic acids is 1. The number of ether oxygens (including phenoxy) is 2. The normalized spacial score (nSPS) is 18.7. The van der Waals surface area contributed by atoms with Crippen LogP contribution >= 0.6 is 27.3 Å². The Labute approximate surface area is 165 Å². The van der Waals surface area contributed by atoms with Gasteiger partial charge in [0.25, 0.3) is 0 Å². The van der Waals surface area contributed by atoms with Crippen molar-refractivity contribution in [2.75, 3.05) is 20.8 Å². The Morgan fingerprint density at radius 3 is 2.58 bits per heavy atom. The van der Waals surface area contributed by atoms with Crippen molar-refractivity contribution >= 4 is 33.2 Å². The first-order valence-electron chi connectivity index (χ1n) is 8.41. The minimum absolute atomic E-state index is 0.147. The maximum Gasteiger partial charge on any atom is 0.320 e. The third-order valence-corrected chi connectivity index (χ3v) is 6.52. The fourth-order valence-corrected chi connectivity index (χ4v) is 5.11. The van der Waals surface area contributed by atoms with Crippen LogP contribution in [0.25, 0.3) is 0 Å². The molecule has 1 saturated heterocycles. The summed E-state index contributed by atoms with van der Waals surface area (Å²) < 4.78 is 11.7. The Bertz CT molecular complexity index is 807. The lowest BCUT2D eigenvalue weighted by atomic mass is 10.0. The van der Waals surface area contributed by atoms with Gasteiger partial charge in [-0.1, -0.05) is 15.9 Å². The molecular formula is C19H22BrNO4S. The van der Waals surface area contributed by atoms with E-state index in [0.29, 0.717) is 17.9 Å². The molecule has 0 saturated carbocycles. The summed E-state index contributed by atoms with van der Waals surface area (Å²) in [6, 6.07) is 5.33. The number of carbonyl (C=O) groups is 1. The fourth-order valence-electron chi connectivity index (χ4n) is 3.53. The number of methoxy groups -OCH3 is 2. The lowest BCUT2D eigenvalue weighted by Crippen LogP contribution is -2.39. The van der Waals surface area contributed by atoms with Crippen molar-refractivity contribution in [3.63, 3.8) is 0 Å². The summed E-state index contributed by atoms with van der Waals surface area (Å²) in [6.45, 7) is 2.80. The van der Waals surface area contributed by atoms with E-state index in [4.69, 9.17) is 9.47 Å². The van der Waals surface area contributed by atoms with E-state index in [1.54, 1.807) is 25.6 Å². The molecule has 0 amide bonds. The Hall–Kier alpha value is -1.57. The smallest absolute Gasteiger partial charge is 0.320 e. The van der Waals surface area contributed by atoms with E-state index in [9.17, 15) is 9.90 Å². The molecule has 1 aliphatic heterocycles. The van der Waals surface area contributed by atoms with Crippen molar-refractivity contribution in [3.8, 4) is 11.5 Å². The van der Waals surface area contributed by atoms with Gasteiger partial charge in [-0.2, -0.15) is 0 Å². The van der Waals surface area contributed by atoms with Gasteiger partial charge in [0, 0.05) is 15.9 Å². The number of aryl methyl sites for hydroxylation is 1. The molecule has 0 spiro atoms. The van der Waals surface area contributed by atoms with Crippen molar-refractivity contribution in [2.24, 2.45) is 0 Å². The molecule has 1 fully saturated rings. The Morgan fingerprint density at radius 2 is 2.00 bits per heavy atom. The zero-order valence-electron chi connectivity index (χ0n) is 15.0. The number of hydrogen-bond donors (Lipinski definition) is 1. The van der Waals surface area contributed by atoms with Crippen molar-refractivity contribution in [3.05, 3.63) is 44.1 Å². The van der Waals surface area contributed by atoms with Crippen LogP contribution in [0.2, 0.25) is 0 Å². The van der Waals surface area contributed by atoms with Gasteiger partial charge in [-0.05, 0) is 54.5 Å². The predicted octanol–water partition coefficient (Wildman–Crippen LogP) is 4.47. The molecule has 1 N–H and O–H groups in total. The molecule has 140 valence electrons. The number of benzene rings is 1. The minimum Gasteiger partial charge on any atom is -0.493 e. The second kappa shape index (κ2) is 7.98. The van der Waals surface area contributed by atoms with Gasteiger partial charge in [-0.3, -0.25) is 9.69 Å². The fraction of sp³-hybridized carbons (Fsp3) is 0.421. The maximum absolute atomic E-state index is 11.8. The van der Waals surface area contributed by atoms with Gasteiger partial charge in [-0.15, -0.1) is 11.3 Å². The van der Waals surface area contributed by atoms with Gasteiger partial charge >= 0.3 is 5.97 Å². The average molecular weight is 440 g/mol. The van der Waals surface area contributed by atoms with Crippen LogP contribution in [0.3, 0.4) is 0 Å². The summed E-state index contributed by atoms with van der Waals surface area (Å²) in [5, 5.41) is 11.8. The zero-order chi connectivity index (χ0) is 18.8. The highest BCUT2D eigenvalue weighted by Crippen LogP contribution is 2.44. The summed E-state index contributed by atoms with van der Waals surface area (Å²) in [7, 11) is 3.21. The number of rotatable bonds is 6. The molecule has 5 nitrogen and oxygen atoms in total. The largest absolute Gasteiger partial charge is 0.493 e. The molecule has 7 heteroatoms. The number of halogens is 1.